The number of carboxylic acid groups (broad SMARTS) is 1. The number of hydrogen-bond acceptors (Lipinski definition) is 2. The van der Waals surface area contributed by atoms with E-state index in [1.807, 2.05) is 0 Å². The highest BCUT2D eigenvalue weighted by Crippen LogP contribution is 2.22. The SMILES string of the molecule is CC(C(=O)NC(C(=O)O)C(C)C)c1c(F)cccc1F. The molecule has 2 N–H and O–H groups in total. The van der Waals surface area contributed by atoms with E-state index in [4.69, 9.17) is 5.11 Å². The minimum atomic E-state index is -1.19. The van der Waals surface area contributed by atoms with Gasteiger partial charge in [-0.3, -0.25) is 4.79 Å². The molecule has 110 valence electrons. The van der Waals surface area contributed by atoms with Crippen LogP contribution in [-0.2, 0) is 9.59 Å². The number of rotatable bonds is 5. The summed E-state index contributed by atoms with van der Waals surface area (Å²) in [6.07, 6.45) is 0. The number of carbonyl (C=O) groups is 2. The van der Waals surface area contributed by atoms with Crippen LogP contribution in [0.4, 0.5) is 8.78 Å². The molecule has 4 nitrogen and oxygen atoms in total. The number of benzene rings is 1. The van der Waals surface area contributed by atoms with Crippen molar-refractivity contribution in [3.8, 4) is 0 Å². The first kappa shape index (κ1) is 16.1. The quantitative estimate of drug-likeness (QED) is 0.872. The van der Waals surface area contributed by atoms with Crippen molar-refractivity contribution < 1.29 is 23.5 Å². The molecule has 1 aromatic carbocycles. The fraction of sp³-hybridized carbons (Fsp3) is 0.429. The summed E-state index contributed by atoms with van der Waals surface area (Å²) in [5, 5.41) is 11.3. The molecular formula is C14H17F2NO3. The number of halogens is 2. The van der Waals surface area contributed by atoms with Gasteiger partial charge in [0.2, 0.25) is 5.91 Å². The first-order chi connectivity index (χ1) is 9.25. The molecule has 0 saturated carbocycles. The number of hydrogen-bond donors (Lipinski definition) is 2. The second-order valence-electron chi connectivity index (χ2n) is 4.93. The lowest BCUT2D eigenvalue weighted by molar-refractivity contribution is -0.143. The van der Waals surface area contributed by atoms with Crippen LogP contribution in [0.1, 0.15) is 32.3 Å². The molecule has 2 unspecified atom stereocenters. The lowest BCUT2D eigenvalue weighted by Gasteiger charge is -2.21. The van der Waals surface area contributed by atoms with Crippen molar-refractivity contribution in [1.82, 2.24) is 5.32 Å². The minimum Gasteiger partial charge on any atom is -0.480 e. The highest BCUT2D eigenvalue weighted by molar-refractivity contribution is 5.88. The molecule has 0 heterocycles. The zero-order chi connectivity index (χ0) is 15.4. The zero-order valence-corrected chi connectivity index (χ0v) is 11.5. The third-order valence-corrected chi connectivity index (χ3v) is 3.06. The molecule has 0 saturated heterocycles. The van der Waals surface area contributed by atoms with Crippen molar-refractivity contribution in [2.24, 2.45) is 5.92 Å². The fourth-order valence-electron chi connectivity index (χ4n) is 1.85. The predicted molar refractivity (Wildman–Crippen MR) is 69.2 cm³/mol. The van der Waals surface area contributed by atoms with Crippen LogP contribution >= 0.6 is 0 Å². The summed E-state index contributed by atoms with van der Waals surface area (Å²) in [6.45, 7) is 4.59. The molecule has 2 atom stereocenters. The summed E-state index contributed by atoms with van der Waals surface area (Å²) >= 11 is 0. The van der Waals surface area contributed by atoms with Crippen LogP contribution in [0.5, 0.6) is 0 Å². The second kappa shape index (κ2) is 6.45. The molecule has 1 amide bonds. The number of carboxylic acids is 1. The Hall–Kier alpha value is -1.98. The smallest absolute Gasteiger partial charge is 0.326 e. The lowest BCUT2D eigenvalue weighted by Crippen LogP contribution is -2.46. The van der Waals surface area contributed by atoms with E-state index in [2.05, 4.69) is 5.32 Å². The van der Waals surface area contributed by atoms with Crippen LogP contribution in [0.3, 0.4) is 0 Å². The molecule has 20 heavy (non-hydrogen) atoms. The first-order valence-corrected chi connectivity index (χ1v) is 6.22. The van der Waals surface area contributed by atoms with E-state index in [0.717, 1.165) is 12.1 Å². The molecule has 0 aliphatic heterocycles. The third kappa shape index (κ3) is 3.53. The van der Waals surface area contributed by atoms with Gasteiger partial charge in [0.25, 0.3) is 0 Å². The molecular weight excluding hydrogens is 268 g/mol. The molecule has 0 aliphatic carbocycles. The minimum absolute atomic E-state index is 0.339. The Morgan fingerprint density at radius 3 is 2.05 bits per heavy atom. The Labute approximate surface area is 115 Å². The molecule has 0 fully saturated rings. The number of nitrogens with one attached hydrogen (secondary N) is 1. The molecule has 0 aliphatic rings. The summed E-state index contributed by atoms with van der Waals surface area (Å²) < 4.78 is 27.2. The van der Waals surface area contributed by atoms with Gasteiger partial charge in [0.05, 0.1) is 5.92 Å². The lowest BCUT2D eigenvalue weighted by atomic mass is 9.97. The van der Waals surface area contributed by atoms with Gasteiger partial charge >= 0.3 is 5.97 Å². The number of amides is 1. The van der Waals surface area contributed by atoms with Gasteiger partial charge in [0.15, 0.2) is 0 Å². The van der Waals surface area contributed by atoms with E-state index >= 15 is 0 Å². The van der Waals surface area contributed by atoms with Crippen LogP contribution in [-0.4, -0.2) is 23.0 Å². The van der Waals surface area contributed by atoms with Crippen molar-refractivity contribution in [1.29, 1.82) is 0 Å². The van der Waals surface area contributed by atoms with Crippen molar-refractivity contribution in [2.45, 2.75) is 32.7 Å². The normalized spacial score (nSPS) is 13.9. The van der Waals surface area contributed by atoms with E-state index in [1.54, 1.807) is 13.8 Å². The Morgan fingerprint density at radius 2 is 1.65 bits per heavy atom. The average molecular weight is 285 g/mol. The third-order valence-electron chi connectivity index (χ3n) is 3.06. The van der Waals surface area contributed by atoms with E-state index in [9.17, 15) is 18.4 Å². The standard InChI is InChI=1S/C14H17F2NO3/c1-7(2)12(14(19)20)17-13(18)8(3)11-9(15)5-4-6-10(11)16/h4-8,12H,1-3H3,(H,17,18)(H,19,20). The van der Waals surface area contributed by atoms with E-state index in [1.165, 1.54) is 13.0 Å². The number of carbonyl (C=O) groups excluding carboxylic acids is 1. The maximum Gasteiger partial charge on any atom is 0.326 e. The molecule has 0 bridgehead atoms. The van der Waals surface area contributed by atoms with Gasteiger partial charge in [-0.25, -0.2) is 13.6 Å². The highest BCUT2D eigenvalue weighted by atomic mass is 19.1. The summed E-state index contributed by atoms with van der Waals surface area (Å²) in [7, 11) is 0. The summed E-state index contributed by atoms with van der Waals surface area (Å²) in [4.78, 5) is 23.0. The van der Waals surface area contributed by atoms with Crippen molar-refractivity contribution in [3.63, 3.8) is 0 Å². The van der Waals surface area contributed by atoms with E-state index < -0.39 is 35.5 Å². The summed E-state index contributed by atoms with van der Waals surface area (Å²) in [5.41, 5.74) is -0.363. The van der Waals surface area contributed by atoms with Crippen LogP contribution in [0, 0.1) is 17.6 Å². The summed E-state index contributed by atoms with van der Waals surface area (Å²) in [6, 6.07) is 2.21. The van der Waals surface area contributed by atoms with Crippen molar-refractivity contribution in [2.75, 3.05) is 0 Å². The topological polar surface area (TPSA) is 66.4 Å². The Balaban J connectivity index is 2.95. The monoisotopic (exact) mass is 285 g/mol. The molecule has 6 heteroatoms. The number of aliphatic carboxylic acids is 1. The highest BCUT2D eigenvalue weighted by Gasteiger charge is 2.28. The zero-order valence-electron chi connectivity index (χ0n) is 11.5. The van der Waals surface area contributed by atoms with Crippen molar-refractivity contribution >= 4 is 11.9 Å². The molecule has 1 aromatic rings. The van der Waals surface area contributed by atoms with Gasteiger partial charge in [-0.1, -0.05) is 19.9 Å². The Bertz CT molecular complexity index is 497. The second-order valence-corrected chi connectivity index (χ2v) is 4.93. The Morgan fingerprint density at radius 1 is 1.15 bits per heavy atom. The maximum atomic E-state index is 13.6. The average Bonchev–Trinajstić information content (AvgIpc) is 2.34. The largest absolute Gasteiger partial charge is 0.480 e. The van der Waals surface area contributed by atoms with Gasteiger partial charge in [-0.15, -0.1) is 0 Å². The summed E-state index contributed by atoms with van der Waals surface area (Å²) in [5.74, 6) is -5.02. The van der Waals surface area contributed by atoms with E-state index in [0.29, 0.717) is 0 Å². The van der Waals surface area contributed by atoms with Crippen molar-refractivity contribution in [3.05, 3.63) is 35.4 Å². The molecule has 1 rings (SSSR count). The predicted octanol–water partition coefficient (Wildman–Crippen LogP) is 2.29. The fourth-order valence-corrected chi connectivity index (χ4v) is 1.85. The van der Waals surface area contributed by atoms with Gasteiger partial charge in [0.1, 0.15) is 17.7 Å². The molecule has 0 aromatic heterocycles. The van der Waals surface area contributed by atoms with E-state index in [-0.39, 0.29) is 11.5 Å². The molecule has 0 spiro atoms. The Kier molecular flexibility index (Phi) is 5.19. The van der Waals surface area contributed by atoms with Gasteiger partial charge < -0.3 is 10.4 Å². The van der Waals surface area contributed by atoms with Gasteiger partial charge in [-0.2, -0.15) is 0 Å². The van der Waals surface area contributed by atoms with Gasteiger partial charge in [0, 0.05) is 5.56 Å². The van der Waals surface area contributed by atoms with Crippen LogP contribution in [0.25, 0.3) is 0 Å². The van der Waals surface area contributed by atoms with Crippen LogP contribution in [0.2, 0.25) is 0 Å². The molecule has 0 radical (unpaired) electrons. The maximum absolute atomic E-state index is 13.6. The van der Waals surface area contributed by atoms with Gasteiger partial charge in [-0.05, 0) is 25.0 Å². The first-order valence-electron chi connectivity index (χ1n) is 6.22. The van der Waals surface area contributed by atoms with Crippen LogP contribution in [0.15, 0.2) is 18.2 Å². The van der Waals surface area contributed by atoms with Crippen LogP contribution < -0.4 is 5.32 Å².